The van der Waals surface area contributed by atoms with E-state index >= 15 is 0 Å². The van der Waals surface area contributed by atoms with E-state index in [9.17, 15) is 14.4 Å². The third kappa shape index (κ3) is 3.24. The molecule has 130 valence electrons. The smallest absolute Gasteiger partial charge is 0.246 e. The molecule has 0 atom stereocenters. The number of rotatable bonds is 5. The van der Waals surface area contributed by atoms with Gasteiger partial charge in [-0.1, -0.05) is 22.5 Å². The van der Waals surface area contributed by atoms with E-state index in [0.29, 0.717) is 18.7 Å². The maximum Gasteiger partial charge on any atom is 0.246 e. The number of hydrogen-bond donors (Lipinski definition) is 1. The molecule has 25 heavy (non-hydrogen) atoms. The van der Waals surface area contributed by atoms with Crippen LogP contribution in [0.25, 0.3) is 10.9 Å². The van der Waals surface area contributed by atoms with Crippen LogP contribution in [0.3, 0.4) is 0 Å². The van der Waals surface area contributed by atoms with E-state index in [0.717, 1.165) is 27.4 Å². The summed E-state index contributed by atoms with van der Waals surface area (Å²) < 4.78 is 2.72. The van der Waals surface area contributed by atoms with Gasteiger partial charge in [0.25, 0.3) is 0 Å². The van der Waals surface area contributed by atoms with E-state index < -0.39 is 0 Å². The highest BCUT2D eigenvalue weighted by Crippen LogP contribution is 2.27. The Kier molecular flexibility index (Phi) is 4.76. The molecule has 0 bridgehead atoms. The molecule has 6 nitrogen and oxygen atoms in total. The Balaban J connectivity index is 1.74. The highest BCUT2D eigenvalue weighted by molar-refractivity contribution is 9.10. The zero-order valence-corrected chi connectivity index (χ0v) is 15.4. The molecule has 2 heterocycles. The van der Waals surface area contributed by atoms with Crippen LogP contribution in [0.15, 0.2) is 35.3 Å². The molecule has 0 unspecified atom stereocenters. The molecule has 1 aliphatic heterocycles. The fourth-order valence-corrected chi connectivity index (χ4v) is 3.49. The second-order valence-corrected chi connectivity index (χ2v) is 6.99. The van der Waals surface area contributed by atoms with E-state index in [-0.39, 0.29) is 24.4 Å². The lowest BCUT2D eigenvalue weighted by molar-refractivity contribution is -0.133. The van der Waals surface area contributed by atoms with Gasteiger partial charge in [0, 0.05) is 39.7 Å². The maximum absolute atomic E-state index is 12.4. The fraction of sp³-hybridized carbons (Fsp3) is 0.278. The summed E-state index contributed by atoms with van der Waals surface area (Å²) in [5, 5.41) is 3.74. The highest BCUT2D eigenvalue weighted by Gasteiger charge is 2.30. The van der Waals surface area contributed by atoms with Crippen LogP contribution in [0.4, 0.5) is 0 Å². The number of aromatic nitrogens is 1. The molecule has 1 aliphatic rings. The number of amides is 2. The van der Waals surface area contributed by atoms with E-state index in [1.807, 2.05) is 29.7 Å². The number of nitrogens with one attached hydrogen (secondary N) is 1. The first-order valence-corrected chi connectivity index (χ1v) is 8.68. The Labute approximate surface area is 153 Å². The van der Waals surface area contributed by atoms with Crippen LogP contribution in [0.1, 0.15) is 16.1 Å². The molecule has 1 aromatic heterocycles. The van der Waals surface area contributed by atoms with E-state index in [1.54, 1.807) is 4.90 Å². The second-order valence-electron chi connectivity index (χ2n) is 6.08. The molecular weight excluding hydrogens is 386 g/mol. The Morgan fingerprint density at radius 1 is 1.40 bits per heavy atom. The highest BCUT2D eigenvalue weighted by atomic mass is 79.9. The van der Waals surface area contributed by atoms with Crippen molar-refractivity contribution in [3.63, 3.8) is 0 Å². The van der Waals surface area contributed by atoms with Crippen molar-refractivity contribution >= 4 is 44.9 Å². The summed E-state index contributed by atoms with van der Waals surface area (Å²) in [6.07, 6.45) is 2.09. The summed E-state index contributed by atoms with van der Waals surface area (Å²) in [5.74, 6) is -0.269. The van der Waals surface area contributed by atoms with Gasteiger partial charge < -0.3 is 14.8 Å². The van der Waals surface area contributed by atoms with Gasteiger partial charge in [-0.25, -0.2) is 0 Å². The fourth-order valence-electron chi connectivity index (χ4n) is 3.13. The Bertz CT molecular complexity index is 881. The second kappa shape index (κ2) is 6.84. The zero-order chi connectivity index (χ0) is 18.1. The van der Waals surface area contributed by atoms with Crippen molar-refractivity contribution in [2.24, 2.45) is 0 Å². The molecule has 3 rings (SSSR count). The van der Waals surface area contributed by atoms with Crippen LogP contribution < -0.4 is 5.32 Å². The lowest BCUT2D eigenvalue weighted by Crippen LogP contribution is -2.61. The van der Waals surface area contributed by atoms with Crippen molar-refractivity contribution in [3.8, 4) is 0 Å². The van der Waals surface area contributed by atoms with Gasteiger partial charge in [0.05, 0.1) is 6.04 Å². The topological polar surface area (TPSA) is 71.4 Å². The lowest BCUT2D eigenvalue weighted by Gasteiger charge is -2.38. The van der Waals surface area contributed by atoms with Crippen molar-refractivity contribution in [1.29, 1.82) is 0 Å². The quantitative estimate of drug-likeness (QED) is 0.613. The standard InChI is InChI=1S/C18H18BrN3O3/c1-3-18(25)21-7-13(8-21)20-17(24)9-22-11(2)15(10-23)14-6-12(19)4-5-16(14)22/h3-6,10,13H,1,7-9H2,2H3,(H,20,24). The molecule has 1 saturated heterocycles. The summed E-state index contributed by atoms with van der Waals surface area (Å²) >= 11 is 3.41. The summed E-state index contributed by atoms with van der Waals surface area (Å²) in [6, 6.07) is 5.61. The predicted molar refractivity (Wildman–Crippen MR) is 98.5 cm³/mol. The Hall–Kier alpha value is -2.41. The van der Waals surface area contributed by atoms with Gasteiger partial charge >= 0.3 is 0 Å². The monoisotopic (exact) mass is 403 g/mol. The SMILES string of the molecule is C=CC(=O)N1CC(NC(=O)Cn2c(C)c(C=O)c3cc(Br)ccc32)C1. The van der Waals surface area contributed by atoms with Gasteiger partial charge in [-0.3, -0.25) is 14.4 Å². The van der Waals surface area contributed by atoms with Crippen LogP contribution >= 0.6 is 15.9 Å². The molecule has 1 aromatic carbocycles. The summed E-state index contributed by atoms with van der Waals surface area (Å²) in [4.78, 5) is 36.9. The molecule has 1 fully saturated rings. The average Bonchev–Trinajstić information content (AvgIpc) is 2.80. The van der Waals surface area contributed by atoms with Crippen LogP contribution in [0.5, 0.6) is 0 Å². The first-order valence-electron chi connectivity index (χ1n) is 7.88. The van der Waals surface area contributed by atoms with Crippen LogP contribution in [-0.4, -0.2) is 46.7 Å². The number of likely N-dealkylation sites (tertiary alicyclic amines) is 1. The molecule has 1 N–H and O–H groups in total. The largest absolute Gasteiger partial charge is 0.348 e. The first kappa shape index (κ1) is 17.4. The van der Waals surface area contributed by atoms with Crippen molar-refractivity contribution < 1.29 is 14.4 Å². The number of carbonyl (C=O) groups is 3. The molecule has 0 radical (unpaired) electrons. The number of nitrogens with zero attached hydrogens (tertiary/aromatic N) is 2. The van der Waals surface area contributed by atoms with Gasteiger partial charge in [0.1, 0.15) is 6.54 Å². The van der Waals surface area contributed by atoms with E-state index in [1.165, 1.54) is 6.08 Å². The number of halogens is 1. The van der Waals surface area contributed by atoms with Crippen LogP contribution in [-0.2, 0) is 16.1 Å². The Morgan fingerprint density at radius 3 is 2.76 bits per heavy atom. The van der Waals surface area contributed by atoms with E-state index in [2.05, 4.69) is 27.8 Å². The number of aldehydes is 1. The van der Waals surface area contributed by atoms with Gasteiger partial charge in [-0.2, -0.15) is 0 Å². The number of hydrogen-bond acceptors (Lipinski definition) is 3. The molecule has 2 amide bonds. The number of benzene rings is 1. The Morgan fingerprint density at radius 2 is 2.12 bits per heavy atom. The van der Waals surface area contributed by atoms with Gasteiger partial charge in [-0.15, -0.1) is 0 Å². The minimum Gasteiger partial charge on any atom is -0.348 e. The lowest BCUT2D eigenvalue weighted by atomic mass is 10.1. The zero-order valence-electron chi connectivity index (χ0n) is 13.8. The van der Waals surface area contributed by atoms with E-state index in [4.69, 9.17) is 0 Å². The summed E-state index contributed by atoms with van der Waals surface area (Å²) in [6.45, 7) is 6.40. The van der Waals surface area contributed by atoms with Crippen molar-refractivity contribution in [2.75, 3.05) is 13.1 Å². The summed E-state index contributed by atoms with van der Waals surface area (Å²) in [7, 11) is 0. The normalized spacial score (nSPS) is 14.2. The number of carbonyl (C=O) groups excluding carboxylic acids is 3. The number of fused-ring (bicyclic) bond motifs is 1. The van der Waals surface area contributed by atoms with Gasteiger partial charge in [-0.05, 0) is 31.2 Å². The molecular formula is C18H18BrN3O3. The first-order chi connectivity index (χ1) is 11.9. The average molecular weight is 404 g/mol. The minimum atomic E-state index is -0.143. The molecule has 0 aliphatic carbocycles. The van der Waals surface area contributed by atoms with Crippen molar-refractivity contribution in [1.82, 2.24) is 14.8 Å². The molecule has 7 heteroatoms. The summed E-state index contributed by atoms with van der Waals surface area (Å²) in [5.41, 5.74) is 2.20. The third-order valence-corrected chi connectivity index (χ3v) is 4.98. The van der Waals surface area contributed by atoms with Crippen LogP contribution in [0, 0.1) is 6.92 Å². The maximum atomic E-state index is 12.4. The molecule has 0 spiro atoms. The van der Waals surface area contributed by atoms with Crippen molar-refractivity contribution in [2.45, 2.75) is 19.5 Å². The van der Waals surface area contributed by atoms with Crippen LogP contribution in [0.2, 0.25) is 0 Å². The third-order valence-electron chi connectivity index (χ3n) is 4.49. The van der Waals surface area contributed by atoms with Gasteiger partial charge in [0.2, 0.25) is 11.8 Å². The molecule has 0 saturated carbocycles. The van der Waals surface area contributed by atoms with Crippen molar-refractivity contribution in [3.05, 3.63) is 46.6 Å². The predicted octanol–water partition coefficient (Wildman–Crippen LogP) is 2.04. The van der Waals surface area contributed by atoms with Gasteiger partial charge in [0.15, 0.2) is 6.29 Å². The minimum absolute atomic E-state index is 0.0433. The molecule has 2 aromatic rings.